The normalized spacial score (nSPS) is 19.2. The van der Waals surface area contributed by atoms with Crippen LogP contribution in [0.15, 0.2) is 0 Å². The van der Waals surface area contributed by atoms with Crippen molar-refractivity contribution < 1.29 is 4.79 Å². The number of rotatable bonds is 10. The lowest BCUT2D eigenvalue weighted by Crippen LogP contribution is -2.53. The van der Waals surface area contributed by atoms with Gasteiger partial charge in [-0.1, -0.05) is 20.3 Å². The van der Waals surface area contributed by atoms with Crippen molar-refractivity contribution in [3.05, 3.63) is 0 Å². The second kappa shape index (κ2) is 7.85. The molecule has 0 aromatic carbocycles. The van der Waals surface area contributed by atoms with Crippen molar-refractivity contribution in [3.8, 4) is 0 Å². The second-order valence-corrected chi connectivity index (χ2v) is 6.02. The van der Waals surface area contributed by atoms with Crippen molar-refractivity contribution in [2.75, 3.05) is 26.2 Å². The lowest BCUT2D eigenvalue weighted by Gasteiger charge is -2.33. The predicted octanol–water partition coefficient (Wildman–Crippen LogP) is 1.74. The van der Waals surface area contributed by atoms with Crippen molar-refractivity contribution in [1.29, 1.82) is 0 Å². The fourth-order valence-electron chi connectivity index (χ4n) is 2.76. The van der Waals surface area contributed by atoms with E-state index in [2.05, 4.69) is 17.1 Å². The van der Waals surface area contributed by atoms with Gasteiger partial charge in [0.05, 0.1) is 5.54 Å². The van der Waals surface area contributed by atoms with E-state index in [1.54, 1.807) is 0 Å². The van der Waals surface area contributed by atoms with Gasteiger partial charge in [-0.05, 0) is 58.2 Å². The summed E-state index contributed by atoms with van der Waals surface area (Å²) in [7, 11) is 0. The SMILES string of the molecule is CCNC(C)(CCCN(CC)CC1CCC1)C(N)=O. The molecule has 1 saturated carbocycles. The first-order chi connectivity index (χ1) is 9.01. The molecule has 0 heterocycles. The Labute approximate surface area is 118 Å². The highest BCUT2D eigenvalue weighted by atomic mass is 16.1. The Morgan fingerprint density at radius 1 is 1.42 bits per heavy atom. The Hall–Kier alpha value is -0.610. The van der Waals surface area contributed by atoms with Gasteiger partial charge in [0.15, 0.2) is 0 Å². The zero-order valence-corrected chi connectivity index (χ0v) is 12.9. The number of nitrogens with two attached hydrogens (primary N) is 1. The van der Waals surface area contributed by atoms with Crippen LogP contribution in [-0.4, -0.2) is 42.5 Å². The molecule has 4 nitrogen and oxygen atoms in total. The van der Waals surface area contributed by atoms with Crippen LogP contribution in [0.1, 0.15) is 52.9 Å². The summed E-state index contributed by atoms with van der Waals surface area (Å²) in [6.07, 6.45) is 6.03. The van der Waals surface area contributed by atoms with Gasteiger partial charge in [-0.15, -0.1) is 0 Å². The quantitative estimate of drug-likeness (QED) is 0.635. The van der Waals surface area contributed by atoms with Crippen LogP contribution in [0.3, 0.4) is 0 Å². The molecule has 1 rings (SSSR count). The highest BCUT2D eigenvalue weighted by molar-refractivity contribution is 5.84. The highest BCUT2D eigenvalue weighted by Gasteiger charge is 2.29. The minimum atomic E-state index is -0.551. The smallest absolute Gasteiger partial charge is 0.237 e. The standard InChI is InChI=1S/C15H31N3O/c1-4-17-15(3,14(16)19)10-7-11-18(5-2)12-13-8-6-9-13/h13,17H,4-12H2,1-3H3,(H2,16,19). The first-order valence-electron chi connectivity index (χ1n) is 7.79. The van der Waals surface area contributed by atoms with Crippen LogP contribution < -0.4 is 11.1 Å². The Morgan fingerprint density at radius 3 is 2.53 bits per heavy atom. The Bertz CT molecular complexity index is 279. The first-order valence-corrected chi connectivity index (χ1v) is 7.79. The van der Waals surface area contributed by atoms with E-state index in [9.17, 15) is 4.79 Å². The maximum absolute atomic E-state index is 11.5. The van der Waals surface area contributed by atoms with Crippen molar-refractivity contribution >= 4 is 5.91 Å². The van der Waals surface area contributed by atoms with Crippen molar-refractivity contribution in [1.82, 2.24) is 10.2 Å². The van der Waals surface area contributed by atoms with Gasteiger partial charge in [0.2, 0.25) is 5.91 Å². The fraction of sp³-hybridized carbons (Fsp3) is 0.933. The largest absolute Gasteiger partial charge is 0.368 e. The average Bonchev–Trinajstić information content (AvgIpc) is 2.31. The average molecular weight is 269 g/mol. The molecule has 0 aliphatic heterocycles. The molecule has 1 amide bonds. The number of carbonyl (C=O) groups excluding carboxylic acids is 1. The minimum Gasteiger partial charge on any atom is -0.368 e. The van der Waals surface area contributed by atoms with Crippen LogP contribution in [-0.2, 0) is 4.79 Å². The van der Waals surface area contributed by atoms with Crippen LogP contribution in [0.2, 0.25) is 0 Å². The van der Waals surface area contributed by atoms with E-state index in [-0.39, 0.29) is 5.91 Å². The van der Waals surface area contributed by atoms with Gasteiger partial charge >= 0.3 is 0 Å². The summed E-state index contributed by atoms with van der Waals surface area (Å²) < 4.78 is 0. The molecular formula is C15H31N3O. The molecule has 1 aliphatic rings. The van der Waals surface area contributed by atoms with E-state index in [4.69, 9.17) is 5.73 Å². The molecule has 1 unspecified atom stereocenters. The van der Waals surface area contributed by atoms with Gasteiger partial charge in [-0.2, -0.15) is 0 Å². The monoisotopic (exact) mass is 269 g/mol. The van der Waals surface area contributed by atoms with E-state index >= 15 is 0 Å². The van der Waals surface area contributed by atoms with Crippen molar-refractivity contribution in [2.45, 2.75) is 58.4 Å². The van der Waals surface area contributed by atoms with Gasteiger partial charge in [-0.25, -0.2) is 0 Å². The summed E-state index contributed by atoms with van der Waals surface area (Å²) in [5.74, 6) is 0.674. The molecule has 0 aromatic heterocycles. The summed E-state index contributed by atoms with van der Waals surface area (Å²) in [5.41, 5.74) is 4.95. The molecule has 1 atom stereocenters. The van der Waals surface area contributed by atoms with Crippen LogP contribution >= 0.6 is 0 Å². The zero-order chi connectivity index (χ0) is 14.3. The molecule has 0 saturated heterocycles. The topological polar surface area (TPSA) is 58.4 Å². The molecule has 3 N–H and O–H groups in total. The van der Waals surface area contributed by atoms with Gasteiger partial charge < -0.3 is 16.0 Å². The molecule has 0 radical (unpaired) electrons. The molecule has 1 aliphatic carbocycles. The molecule has 4 heteroatoms. The highest BCUT2D eigenvalue weighted by Crippen LogP contribution is 2.27. The van der Waals surface area contributed by atoms with Crippen LogP contribution in [0, 0.1) is 5.92 Å². The molecule has 19 heavy (non-hydrogen) atoms. The molecular weight excluding hydrogens is 238 g/mol. The van der Waals surface area contributed by atoms with Crippen molar-refractivity contribution in [3.63, 3.8) is 0 Å². The van der Waals surface area contributed by atoms with E-state index in [1.165, 1.54) is 25.8 Å². The summed E-state index contributed by atoms with van der Waals surface area (Å²) >= 11 is 0. The number of hydrogen-bond donors (Lipinski definition) is 2. The van der Waals surface area contributed by atoms with Crippen LogP contribution in [0.4, 0.5) is 0 Å². The molecule has 112 valence electrons. The fourth-order valence-corrected chi connectivity index (χ4v) is 2.76. The molecule has 0 spiro atoms. The molecule has 0 bridgehead atoms. The number of likely N-dealkylation sites (N-methyl/N-ethyl adjacent to an activating group) is 1. The Morgan fingerprint density at radius 2 is 2.11 bits per heavy atom. The third-order valence-electron chi connectivity index (χ3n) is 4.45. The molecule has 1 fully saturated rings. The molecule has 0 aromatic rings. The Balaban J connectivity index is 2.30. The number of amides is 1. The second-order valence-electron chi connectivity index (χ2n) is 6.02. The van der Waals surface area contributed by atoms with Gasteiger partial charge in [0.1, 0.15) is 0 Å². The predicted molar refractivity (Wildman–Crippen MR) is 80.0 cm³/mol. The number of nitrogens with one attached hydrogen (secondary N) is 1. The summed E-state index contributed by atoms with van der Waals surface area (Å²) in [6.45, 7) is 10.3. The van der Waals surface area contributed by atoms with E-state index in [0.29, 0.717) is 0 Å². The third-order valence-corrected chi connectivity index (χ3v) is 4.45. The van der Waals surface area contributed by atoms with Gasteiger partial charge in [-0.3, -0.25) is 4.79 Å². The number of carbonyl (C=O) groups is 1. The van der Waals surface area contributed by atoms with Crippen molar-refractivity contribution in [2.24, 2.45) is 11.7 Å². The van der Waals surface area contributed by atoms with Gasteiger partial charge in [0.25, 0.3) is 0 Å². The maximum atomic E-state index is 11.5. The Kier molecular flexibility index (Phi) is 6.80. The minimum absolute atomic E-state index is 0.239. The van der Waals surface area contributed by atoms with Crippen LogP contribution in [0.25, 0.3) is 0 Å². The number of primary amides is 1. The van der Waals surface area contributed by atoms with E-state index in [1.807, 2.05) is 13.8 Å². The van der Waals surface area contributed by atoms with Gasteiger partial charge in [0, 0.05) is 6.54 Å². The number of nitrogens with zero attached hydrogens (tertiary/aromatic N) is 1. The lowest BCUT2D eigenvalue weighted by molar-refractivity contribution is -0.124. The summed E-state index contributed by atoms with van der Waals surface area (Å²) in [5, 5.41) is 3.22. The summed E-state index contributed by atoms with van der Waals surface area (Å²) in [6, 6.07) is 0. The summed E-state index contributed by atoms with van der Waals surface area (Å²) in [4.78, 5) is 14.0. The zero-order valence-electron chi connectivity index (χ0n) is 12.9. The lowest BCUT2D eigenvalue weighted by atomic mass is 9.85. The van der Waals surface area contributed by atoms with E-state index < -0.39 is 5.54 Å². The number of hydrogen-bond acceptors (Lipinski definition) is 3. The first kappa shape index (κ1) is 16.4. The van der Waals surface area contributed by atoms with Crippen LogP contribution in [0.5, 0.6) is 0 Å². The van der Waals surface area contributed by atoms with E-state index in [0.717, 1.165) is 38.4 Å². The third kappa shape index (κ3) is 5.11. The maximum Gasteiger partial charge on any atom is 0.237 e.